The highest BCUT2D eigenvalue weighted by Gasteiger charge is 2.31. The van der Waals surface area contributed by atoms with Crippen molar-refractivity contribution in [2.75, 3.05) is 29.4 Å². The van der Waals surface area contributed by atoms with Crippen LogP contribution < -0.4 is 19.9 Å². The topological polar surface area (TPSA) is 85.9 Å². The summed E-state index contributed by atoms with van der Waals surface area (Å²) in [5, 5.41) is 12.0. The van der Waals surface area contributed by atoms with E-state index in [1.807, 2.05) is 17.9 Å². The van der Waals surface area contributed by atoms with E-state index in [1.165, 1.54) is 18.2 Å². The first-order valence-corrected chi connectivity index (χ1v) is 12.9. The standard InChI is InChI=1S/C29H26F4N6O2/c1-18-16-37(11-12-38(18)22-5-7-23(8-6-22)41-29(31,32)33)25-9-3-20(13-24(25)30)15-35-28(40)27-19(2)36-26-10-4-21(14-34)17-39(26)27/h3-10,13,17-18H,11-12,15-16H2,1-2H3,(H,35,40)/t18-/m0/s1. The zero-order chi connectivity index (χ0) is 29.3. The molecule has 1 N–H and O–H groups in total. The minimum Gasteiger partial charge on any atom is -0.406 e. The van der Waals surface area contributed by atoms with E-state index < -0.39 is 18.1 Å². The number of piperazine rings is 1. The highest BCUT2D eigenvalue weighted by Crippen LogP contribution is 2.29. The van der Waals surface area contributed by atoms with E-state index in [0.717, 1.165) is 5.69 Å². The lowest BCUT2D eigenvalue weighted by molar-refractivity contribution is -0.274. The number of imidazole rings is 1. The van der Waals surface area contributed by atoms with Gasteiger partial charge in [-0.3, -0.25) is 9.20 Å². The zero-order valence-electron chi connectivity index (χ0n) is 22.2. The number of nitrogens with one attached hydrogen (secondary N) is 1. The van der Waals surface area contributed by atoms with Gasteiger partial charge in [0.15, 0.2) is 0 Å². The predicted octanol–water partition coefficient (Wildman–Crippen LogP) is 5.20. The average Bonchev–Trinajstić information content (AvgIpc) is 3.26. The minimum absolute atomic E-state index is 0.0354. The van der Waals surface area contributed by atoms with Crippen molar-refractivity contribution in [2.24, 2.45) is 0 Å². The lowest BCUT2D eigenvalue weighted by Crippen LogP contribution is -2.52. The maximum Gasteiger partial charge on any atom is 0.573 e. The van der Waals surface area contributed by atoms with Crippen LogP contribution in [0.1, 0.15) is 34.2 Å². The maximum atomic E-state index is 15.2. The Balaban J connectivity index is 1.22. The van der Waals surface area contributed by atoms with Crippen LogP contribution in [0.5, 0.6) is 5.75 Å². The first-order chi connectivity index (χ1) is 19.5. The highest BCUT2D eigenvalue weighted by atomic mass is 19.4. The number of hydrogen-bond acceptors (Lipinski definition) is 6. The molecular weight excluding hydrogens is 540 g/mol. The molecule has 0 saturated carbocycles. The number of nitrogens with zero attached hydrogens (tertiary/aromatic N) is 5. The molecule has 1 aliphatic heterocycles. The van der Waals surface area contributed by atoms with Crippen LogP contribution in [0, 0.1) is 24.1 Å². The van der Waals surface area contributed by atoms with Crippen molar-refractivity contribution in [3.63, 3.8) is 0 Å². The predicted molar refractivity (Wildman–Crippen MR) is 144 cm³/mol. The Hall–Kier alpha value is -4.79. The van der Waals surface area contributed by atoms with Gasteiger partial charge in [0.25, 0.3) is 5.91 Å². The molecule has 2 aromatic carbocycles. The second kappa shape index (κ2) is 11.0. The highest BCUT2D eigenvalue weighted by molar-refractivity contribution is 5.94. The number of pyridine rings is 1. The van der Waals surface area contributed by atoms with Crippen LogP contribution in [0.4, 0.5) is 28.9 Å². The van der Waals surface area contributed by atoms with Gasteiger partial charge in [-0.1, -0.05) is 6.07 Å². The number of fused-ring (bicyclic) bond motifs is 1. The molecule has 4 aromatic rings. The number of rotatable bonds is 6. The Morgan fingerprint density at radius 1 is 1.15 bits per heavy atom. The van der Waals surface area contributed by atoms with Gasteiger partial charge in [0.2, 0.25) is 0 Å². The fourth-order valence-electron chi connectivity index (χ4n) is 5.08. The van der Waals surface area contributed by atoms with Gasteiger partial charge in [-0.2, -0.15) is 5.26 Å². The number of benzene rings is 2. The van der Waals surface area contributed by atoms with E-state index in [4.69, 9.17) is 0 Å². The molecule has 1 saturated heterocycles. The van der Waals surface area contributed by atoms with Gasteiger partial charge < -0.3 is 19.9 Å². The number of aryl methyl sites for hydroxylation is 1. The molecule has 0 radical (unpaired) electrons. The number of hydrogen-bond donors (Lipinski definition) is 1. The molecule has 0 spiro atoms. The van der Waals surface area contributed by atoms with E-state index >= 15 is 4.39 Å². The summed E-state index contributed by atoms with van der Waals surface area (Å²) in [6.45, 7) is 5.34. The Kier molecular flexibility index (Phi) is 7.45. The number of aromatic nitrogens is 2. The summed E-state index contributed by atoms with van der Waals surface area (Å²) in [7, 11) is 0. The van der Waals surface area contributed by atoms with Gasteiger partial charge in [-0.05, 0) is 67.9 Å². The van der Waals surface area contributed by atoms with Crippen molar-refractivity contribution >= 4 is 22.9 Å². The van der Waals surface area contributed by atoms with E-state index in [1.54, 1.807) is 53.9 Å². The Morgan fingerprint density at radius 2 is 1.90 bits per heavy atom. The van der Waals surface area contributed by atoms with Crippen LogP contribution in [0.3, 0.4) is 0 Å². The fraction of sp³-hybridized carbons (Fsp3) is 0.276. The van der Waals surface area contributed by atoms with Gasteiger partial charge in [0.05, 0.1) is 16.9 Å². The smallest absolute Gasteiger partial charge is 0.406 e. The van der Waals surface area contributed by atoms with Gasteiger partial charge in [0.1, 0.15) is 29.0 Å². The second-order valence-corrected chi connectivity index (χ2v) is 9.80. The normalized spacial score (nSPS) is 15.6. The van der Waals surface area contributed by atoms with E-state index in [-0.39, 0.29) is 18.3 Å². The van der Waals surface area contributed by atoms with E-state index in [0.29, 0.717) is 53.5 Å². The summed E-state index contributed by atoms with van der Waals surface area (Å²) < 4.78 is 58.0. The number of nitriles is 1. The SMILES string of the molecule is Cc1nc2ccc(C#N)cn2c1C(=O)NCc1ccc(N2CCN(c3ccc(OC(F)(F)F)cc3)[C@@H](C)C2)c(F)c1. The molecule has 12 heteroatoms. The minimum atomic E-state index is -4.75. The molecule has 3 heterocycles. The van der Waals surface area contributed by atoms with Crippen LogP contribution in [0.25, 0.3) is 5.65 Å². The second-order valence-electron chi connectivity index (χ2n) is 9.80. The number of alkyl halides is 3. The molecule has 0 bridgehead atoms. The summed E-state index contributed by atoms with van der Waals surface area (Å²) in [6.07, 6.45) is -3.19. The Morgan fingerprint density at radius 3 is 2.56 bits per heavy atom. The molecule has 2 aromatic heterocycles. The third-order valence-electron chi connectivity index (χ3n) is 6.97. The first kappa shape index (κ1) is 27.8. The van der Waals surface area contributed by atoms with Gasteiger partial charge in [0, 0.05) is 44.1 Å². The number of carbonyl (C=O) groups excluding carboxylic acids is 1. The average molecular weight is 567 g/mol. The number of amides is 1. The van der Waals surface area contributed by atoms with Crippen LogP contribution in [-0.4, -0.2) is 47.3 Å². The number of anilines is 2. The maximum absolute atomic E-state index is 15.2. The monoisotopic (exact) mass is 566 g/mol. The number of halogens is 4. The van der Waals surface area contributed by atoms with Crippen LogP contribution in [0.15, 0.2) is 60.8 Å². The van der Waals surface area contributed by atoms with E-state index in [2.05, 4.69) is 19.9 Å². The first-order valence-electron chi connectivity index (χ1n) is 12.9. The van der Waals surface area contributed by atoms with Gasteiger partial charge >= 0.3 is 6.36 Å². The molecule has 1 fully saturated rings. The third-order valence-corrected chi connectivity index (χ3v) is 6.97. The molecule has 1 atom stereocenters. The quantitative estimate of drug-likeness (QED) is 0.323. The van der Waals surface area contributed by atoms with Gasteiger partial charge in [-0.25, -0.2) is 9.37 Å². The third kappa shape index (κ3) is 6.04. The molecule has 1 aliphatic rings. The summed E-state index contributed by atoms with van der Waals surface area (Å²) in [6, 6.07) is 15.8. The summed E-state index contributed by atoms with van der Waals surface area (Å²) in [4.78, 5) is 21.3. The van der Waals surface area contributed by atoms with Crippen molar-refractivity contribution in [3.05, 3.63) is 89.1 Å². The molecule has 8 nitrogen and oxygen atoms in total. The van der Waals surface area contributed by atoms with Crippen molar-refractivity contribution in [3.8, 4) is 11.8 Å². The largest absolute Gasteiger partial charge is 0.573 e. The lowest BCUT2D eigenvalue weighted by Gasteiger charge is -2.42. The molecule has 0 unspecified atom stereocenters. The molecule has 5 rings (SSSR count). The van der Waals surface area contributed by atoms with Crippen molar-refractivity contribution in [2.45, 2.75) is 32.8 Å². The Bertz CT molecular complexity index is 1630. The molecule has 41 heavy (non-hydrogen) atoms. The summed E-state index contributed by atoms with van der Waals surface area (Å²) in [5.41, 5.74) is 3.53. The summed E-state index contributed by atoms with van der Waals surface area (Å²) >= 11 is 0. The molecule has 212 valence electrons. The van der Waals surface area contributed by atoms with Crippen LogP contribution in [-0.2, 0) is 6.54 Å². The molecule has 1 amide bonds. The number of carbonyl (C=O) groups is 1. The zero-order valence-corrected chi connectivity index (χ0v) is 22.2. The van der Waals surface area contributed by atoms with Crippen LogP contribution >= 0.6 is 0 Å². The summed E-state index contributed by atoms with van der Waals surface area (Å²) in [5.74, 6) is -1.10. The fourth-order valence-corrected chi connectivity index (χ4v) is 5.08. The van der Waals surface area contributed by atoms with Gasteiger partial charge in [-0.15, -0.1) is 13.2 Å². The van der Waals surface area contributed by atoms with Crippen LogP contribution in [0.2, 0.25) is 0 Å². The van der Waals surface area contributed by atoms with E-state index in [9.17, 15) is 23.2 Å². The Labute approximate surface area is 233 Å². The van der Waals surface area contributed by atoms with Crippen molar-refractivity contribution in [1.29, 1.82) is 5.26 Å². The van der Waals surface area contributed by atoms with Crippen molar-refractivity contribution in [1.82, 2.24) is 14.7 Å². The number of ether oxygens (including phenoxy) is 1. The molecular formula is C29H26F4N6O2. The molecule has 0 aliphatic carbocycles. The lowest BCUT2D eigenvalue weighted by atomic mass is 10.1. The van der Waals surface area contributed by atoms with Crippen molar-refractivity contribution < 1.29 is 27.1 Å².